The first-order valence-electron chi connectivity index (χ1n) is 5.15. The van der Waals surface area contributed by atoms with Crippen LogP contribution in [-0.4, -0.2) is 0 Å². The Morgan fingerprint density at radius 1 is 0.812 bits per heavy atom. The molecule has 0 N–H and O–H groups in total. The summed E-state index contributed by atoms with van der Waals surface area (Å²) < 4.78 is 18.3. The van der Waals surface area contributed by atoms with E-state index in [4.69, 9.17) is 4.74 Å². The van der Waals surface area contributed by atoms with E-state index in [1.165, 1.54) is 12.1 Å². The number of hydrogen-bond donors (Lipinski definition) is 0. The van der Waals surface area contributed by atoms with Crippen molar-refractivity contribution in [1.82, 2.24) is 0 Å². The Kier molecular flexibility index (Phi) is 2.91. The van der Waals surface area contributed by atoms with Gasteiger partial charge in [-0.05, 0) is 61.4 Å². The number of aryl methyl sites for hydroxylation is 2. The second-order valence-corrected chi connectivity index (χ2v) is 3.88. The highest BCUT2D eigenvalue weighted by molar-refractivity contribution is 5.36. The molecule has 0 aliphatic heterocycles. The van der Waals surface area contributed by atoms with E-state index in [1.54, 1.807) is 12.1 Å². The summed E-state index contributed by atoms with van der Waals surface area (Å²) in [6, 6.07) is 12.0. The van der Waals surface area contributed by atoms with Crippen molar-refractivity contribution >= 4 is 0 Å². The van der Waals surface area contributed by atoms with Gasteiger partial charge in [0.2, 0.25) is 0 Å². The molecule has 1 nitrogen and oxygen atoms in total. The molecule has 0 heterocycles. The average molecular weight is 216 g/mol. The van der Waals surface area contributed by atoms with Gasteiger partial charge in [-0.2, -0.15) is 0 Å². The van der Waals surface area contributed by atoms with E-state index >= 15 is 0 Å². The van der Waals surface area contributed by atoms with Gasteiger partial charge in [0.1, 0.15) is 17.3 Å². The Bertz CT molecular complexity index is 468. The van der Waals surface area contributed by atoms with Crippen LogP contribution in [0, 0.1) is 19.7 Å². The summed E-state index contributed by atoms with van der Waals surface area (Å²) in [6.07, 6.45) is 0. The largest absolute Gasteiger partial charge is 0.457 e. The van der Waals surface area contributed by atoms with Gasteiger partial charge in [-0.1, -0.05) is 6.07 Å². The van der Waals surface area contributed by atoms with Gasteiger partial charge in [0, 0.05) is 0 Å². The van der Waals surface area contributed by atoms with Crippen LogP contribution in [0.1, 0.15) is 11.1 Å². The minimum Gasteiger partial charge on any atom is -0.457 e. The molecule has 0 saturated carbocycles. The van der Waals surface area contributed by atoms with Crippen LogP contribution < -0.4 is 4.74 Å². The molecular formula is C14H13FO. The van der Waals surface area contributed by atoms with Crippen molar-refractivity contribution in [3.63, 3.8) is 0 Å². The van der Waals surface area contributed by atoms with E-state index in [0.717, 1.165) is 16.9 Å². The molecule has 16 heavy (non-hydrogen) atoms. The third-order valence-electron chi connectivity index (χ3n) is 2.24. The third-order valence-corrected chi connectivity index (χ3v) is 2.24. The minimum atomic E-state index is -0.257. The number of rotatable bonds is 2. The lowest BCUT2D eigenvalue weighted by Gasteiger charge is -2.07. The second-order valence-electron chi connectivity index (χ2n) is 3.88. The summed E-state index contributed by atoms with van der Waals surface area (Å²) in [7, 11) is 0. The molecule has 0 atom stereocenters. The lowest BCUT2D eigenvalue weighted by molar-refractivity contribution is 0.480. The Labute approximate surface area is 94.5 Å². The van der Waals surface area contributed by atoms with Crippen LogP contribution in [0.3, 0.4) is 0 Å². The van der Waals surface area contributed by atoms with E-state index in [-0.39, 0.29) is 5.82 Å². The van der Waals surface area contributed by atoms with E-state index in [0.29, 0.717) is 5.75 Å². The van der Waals surface area contributed by atoms with Gasteiger partial charge in [0.15, 0.2) is 0 Å². The predicted octanol–water partition coefficient (Wildman–Crippen LogP) is 4.23. The van der Waals surface area contributed by atoms with Crippen LogP contribution in [0.5, 0.6) is 11.5 Å². The summed E-state index contributed by atoms with van der Waals surface area (Å²) in [4.78, 5) is 0. The second kappa shape index (κ2) is 4.35. The Morgan fingerprint density at radius 3 is 1.94 bits per heavy atom. The highest BCUT2D eigenvalue weighted by Crippen LogP contribution is 2.23. The molecule has 0 saturated heterocycles. The van der Waals surface area contributed by atoms with Gasteiger partial charge >= 0.3 is 0 Å². The minimum absolute atomic E-state index is 0.257. The van der Waals surface area contributed by atoms with E-state index in [1.807, 2.05) is 26.0 Å². The quantitative estimate of drug-likeness (QED) is 0.729. The standard InChI is InChI=1S/C14H13FO/c1-10-7-11(2)9-14(8-10)16-13-5-3-12(15)4-6-13/h3-9H,1-2H3. The maximum atomic E-state index is 12.7. The number of ether oxygens (including phenoxy) is 1. The maximum Gasteiger partial charge on any atom is 0.127 e. The van der Waals surface area contributed by atoms with Crippen LogP contribution in [0.4, 0.5) is 4.39 Å². The third kappa shape index (κ3) is 2.60. The molecule has 2 aromatic carbocycles. The molecule has 0 unspecified atom stereocenters. The SMILES string of the molecule is Cc1cc(C)cc(Oc2ccc(F)cc2)c1. The summed E-state index contributed by atoms with van der Waals surface area (Å²) in [5, 5.41) is 0. The average Bonchev–Trinajstić information content (AvgIpc) is 2.20. The van der Waals surface area contributed by atoms with Gasteiger partial charge in [-0.15, -0.1) is 0 Å². The Hall–Kier alpha value is -1.83. The van der Waals surface area contributed by atoms with Gasteiger partial charge in [0.05, 0.1) is 0 Å². The highest BCUT2D eigenvalue weighted by atomic mass is 19.1. The molecule has 2 heteroatoms. The van der Waals surface area contributed by atoms with Crippen molar-refractivity contribution in [2.24, 2.45) is 0 Å². The molecule has 0 aliphatic rings. The summed E-state index contributed by atoms with van der Waals surface area (Å²) >= 11 is 0. The Morgan fingerprint density at radius 2 is 1.38 bits per heavy atom. The summed E-state index contributed by atoms with van der Waals surface area (Å²) in [6.45, 7) is 4.04. The molecule has 0 aromatic heterocycles. The van der Waals surface area contributed by atoms with Crippen LogP contribution in [0.25, 0.3) is 0 Å². The normalized spacial score (nSPS) is 10.2. The fraction of sp³-hybridized carbons (Fsp3) is 0.143. The zero-order valence-electron chi connectivity index (χ0n) is 9.33. The molecule has 0 aliphatic carbocycles. The molecule has 0 radical (unpaired) electrons. The smallest absolute Gasteiger partial charge is 0.127 e. The van der Waals surface area contributed by atoms with Crippen molar-refractivity contribution in [3.05, 3.63) is 59.4 Å². The lowest BCUT2D eigenvalue weighted by atomic mass is 10.1. The fourth-order valence-electron chi connectivity index (χ4n) is 1.63. The monoisotopic (exact) mass is 216 g/mol. The van der Waals surface area contributed by atoms with Gasteiger partial charge < -0.3 is 4.74 Å². The summed E-state index contributed by atoms with van der Waals surface area (Å²) in [5.74, 6) is 1.17. The lowest BCUT2D eigenvalue weighted by Crippen LogP contribution is -1.86. The van der Waals surface area contributed by atoms with Crippen molar-refractivity contribution < 1.29 is 9.13 Å². The van der Waals surface area contributed by atoms with E-state index in [2.05, 4.69) is 6.07 Å². The molecule has 2 aromatic rings. The molecule has 82 valence electrons. The predicted molar refractivity (Wildman–Crippen MR) is 62.4 cm³/mol. The maximum absolute atomic E-state index is 12.7. The van der Waals surface area contributed by atoms with Crippen LogP contribution in [0.2, 0.25) is 0 Å². The van der Waals surface area contributed by atoms with Crippen LogP contribution in [0.15, 0.2) is 42.5 Å². The van der Waals surface area contributed by atoms with Crippen molar-refractivity contribution in [1.29, 1.82) is 0 Å². The van der Waals surface area contributed by atoms with Gasteiger partial charge in [-0.25, -0.2) is 4.39 Å². The molecule has 0 spiro atoms. The van der Waals surface area contributed by atoms with Crippen molar-refractivity contribution in [3.8, 4) is 11.5 Å². The molecule has 0 fully saturated rings. The fourth-order valence-corrected chi connectivity index (χ4v) is 1.63. The number of hydrogen-bond acceptors (Lipinski definition) is 1. The van der Waals surface area contributed by atoms with Crippen LogP contribution >= 0.6 is 0 Å². The first kappa shape index (κ1) is 10.7. The van der Waals surface area contributed by atoms with Crippen molar-refractivity contribution in [2.45, 2.75) is 13.8 Å². The zero-order valence-corrected chi connectivity index (χ0v) is 9.33. The first-order valence-corrected chi connectivity index (χ1v) is 5.15. The molecular weight excluding hydrogens is 203 g/mol. The zero-order chi connectivity index (χ0) is 11.5. The Balaban J connectivity index is 2.23. The van der Waals surface area contributed by atoms with Crippen molar-refractivity contribution in [2.75, 3.05) is 0 Å². The molecule has 2 rings (SSSR count). The molecule has 0 bridgehead atoms. The van der Waals surface area contributed by atoms with E-state index < -0.39 is 0 Å². The number of benzene rings is 2. The summed E-state index contributed by atoms with van der Waals surface area (Å²) in [5.41, 5.74) is 2.30. The number of halogens is 1. The van der Waals surface area contributed by atoms with Gasteiger partial charge in [-0.3, -0.25) is 0 Å². The first-order chi connectivity index (χ1) is 7.63. The van der Waals surface area contributed by atoms with Gasteiger partial charge in [0.25, 0.3) is 0 Å². The topological polar surface area (TPSA) is 9.23 Å². The van der Waals surface area contributed by atoms with Crippen LogP contribution in [-0.2, 0) is 0 Å². The molecule has 0 amide bonds. The van der Waals surface area contributed by atoms with E-state index in [9.17, 15) is 4.39 Å². The highest BCUT2D eigenvalue weighted by Gasteiger charge is 1.99.